The first-order valence-electron chi connectivity index (χ1n) is 12.0. The summed E-state index contributed by atoms with van der Waals surface area (Å²) in [5, 5.41) is 10.2. The minimum Gasteiger partial charge on any atom is -0.469 e. The van der Waals surface area contributed by atoms with E-state index in [9.17, 15) is 14.6 Å². The number of hydrogen-bond donors (Lipinski definition) is 1. The van der Waals surface area contributed by atoms with Crippen molar-refractivity contribution in [2.75, 3.05) is 25.6 Å². The Morgan fingerprint density at radius 2 is 1.97 bits per heavy atom. The molecule has 0 spiro atoms. The molecule has 0 bridgehead atoms. The molecule has 9 nitrogen and oxygen atoms in total. The van der Waals surface area contributed by atoms with Gasteiger partial charge in [0.2, 0.25) is 0 Å². The molecule has 2 aromatic heterocycles. The maximum Gasteiger partial charge on any atom is 0.410 e. The second-order valence-electron chi connectivity index (χ2n) is 8.66. The summed E-state index contributed by atoms with van der Waals surface area (Å²) in [6, 6.07) is 4.34. The van der Waals surface area contributed by atoms with Gasteiger partial charge in [0, 0.05) is 37.0 Å². The monoisotopic (exact) mass is 480 g/mol. The fourth-order valence-corrected chi connectivity index (χ4v) is 4.16. The molecule has 0 amide bonds. The van der Waals surface area contributed by atoms with E-state index in [2.05, 4.69) is 16.0 Å². The zero-order valence-corrected chi connectivity index (χ0v) is 20.6. The number of pyridine rings is 1. The van der Waals surface area contributed by atoms with E-state index < -0.39 is 13.0 Å². The molecule has 3 rings (SSSR count). The number of methoxy groups -OCH3 is 2. The lowest BCUT2D eigenvalue weighted by Gasteiger charge is -2.25. The molecule has 0 aromatic carbocycles. The molecule has 0 radical (unpaired) electrons. The fourth-order valence-electron chi connectivity index (χ4n) is 4.16. The molecule has 0 fully saturated rings. The van der Waals surface area contributed by atoms with Gasteiger partial charge in [0.25, 0.3) is 0 Å². The summed E-state index contributed by atoms with van der Waals surface area (Å²) in [7, 11) is 2.21. The van der Waals surface area contributed by atoms with E-state index in [-0.39, 0.29) is 30.6 Å². The number of aryl methyl sites for hydroxylation is 2. The molecule has 186 valence electrons. The number of hydrogen-bond acceptors (Lipinski definition) is 9. The fraction of sp³-hybridized carbons (Fsp3) is 0.480. The van der Waals surface area contributed by atoms with Crippen molar-refractivity contribution in [1.82, 2.24) is 15.0 Å². The Morgan fingerprint density at radius 3 is 2.66 bits per heavy atom. The van der Waals surface area contributed by atoms with Gasteiger partial charge in [-0.05, 0) is 62.2 Å². The lowest BCUT2D eigenvalue weighted by atomic mass is 9.84. The first-order valence-corrected chi connectivity index (χ1v) is 12.0. The molecule has 1 atom stereocenters. The zero-order chi connectivity index (χ0) is 25.2. The second-order valence-corrected chi connectivity index (χ2v) is 8.66. The van der Waals surface area contributed by atoms with Gasteiger partial charge < -0.3 is 19.3 Å². The Balaban J connectivity index is 1.60. The Hall–Kier alpha value is -3.27. The van der Waals surface area contributed by atoms with Crippen molar-refractivity contribution in [3.05, 3.63) is 53.5 Å². The average molecular weight is 480 g/mol. The molecular weight excluding hydrogens is 447 g/mol. The number of anilines is 1. The topological polar surface area (TPSA) is 115 Å². The van der Waals surface area contributed by atoms with Crippen LogP contribution in [0.3, 0.4) is 0 Å². The van der Waals surface area contributed by atoms with Crippen molar-refractivity contribution >= 4 is 24.6 Å². The van der Waals surface area contributed by atoms with Crippen molar-refractivity contribution < 1.29 is 24.1 Å². The van der Waals surface area contributed by atoms with Gasteiger partial charge in [-0.15, -0.1) is 0 Å². The number of allylic oxidation sites excluding steroid dienone is 2. The molecule has 35 heavy (non-hydrogen) atoms. The molecule has 0 saturated heterocycles. The van der Waals surface area contributed by atoms with Gasteiger partial charge in [-0.1, -0.05) is 12.1 Å². The molecule has 3 heterocycles. The highest BCUT2D eigenvalue weighted by Gasteiger charge is 2.23. The smallest absolute Gasteiger partial charge is 0.410 e. The third-order valence-corrected chi connectivity index (χ3v) is 6.09. The molecule has 2 aromatic rings. The Kier molecular flexibility index (Phi) is 9.78. The van der Waals surface area contributed by atoms with Crippen LogP contribution in [-0.2, 0) is 27.2 Å². The van der Waals surface area contributed by atoms with Gasteiger partial charge >= 0.3 is 19.0 Å². The van der Waals surface area contributed by atoms with Crippen LogP contribution in [0.4, 0.5) is 5.82 Å². The van der Waals surface area contributed by atoms with Crippen molar-refractivity contribution in [3.63, 3.8) is 0 Å². The summed E-state index contributed by atoms with van der Waals surface area (Å²) in [6.07, 6.45) is 11.1. The number of fused-ring (bicyclic) bond motifs is 1. The minimum absolute atomic E-state index is 0.0601. The summed E-state index contributed by atoms with van der Waals surface area (Å²) in [5.41, 5.74) is 2.76. The molecule has 10 heteroatoms. The van der Waals surface area contributed by atoms with Crippen LogP contribution >= 0.6 is 0 Å². The number of esters is 1. The summed E-state index contributed by atoms with van der Waals surface area (Å²) in [6.45, 7) is 2.56. The SMILES string of the molecule is COC(=O)C[C@H](CC(=O)C=CCCc1ccc2c(n1)N(B(C)O)CCCC2)c1cnc(OC)nc1. The summed E-state index contributed by atoms with van der Waals surface area (Å²) < 4.78 is 9.76. The molecule has 1 N–H and O–H groups in total. The largest absolute Gasteiger partial charge is 0.469 e. The molecule has 0 unspecified atom stereocenters. The first-order chi connectivity index (χ1) is 16.9. The predicted molar refractivity (Wildman–Crippen MR) is 133 cm³/mol. The van der Waals surface area contributed by atoms with Gasteiger partial charge in [0.15, 0.2) is 5.78 Å². The van der Waals surface area contributed by atoms with Gasteiger partial charge in [-0.2, -0.15) is 0 Å². The lowest BCUT2D eigenvalue weighted by molar-refractivity contribution is -0.141. The third-order valence-electron chi connectivity index (χ3n) is 6.09. The van der Waals surface area contributed by atoms with Crippen LogP contribution in [0, 0.1) is 0 Å². The number of nitrogens with zero attached hydrogens (tertiary/aromatic N) is 4. The van der Waals surface area contributed by atoms with Gasteiger partial charge in [0.1, 0.15) is 5.82 Å². The normalized spacial score (nSPS) is 14.2. The van der Waals surface area contributed by atoms with Crippen LogP contribution in [-0.4, -0.2) is 59.5 Å². The van der Waals surface area contributed by atoms with E-state index in [4.69, 9.17) is 14.5 Å². The standard InChI is InChI=1S/C25H33BN4O5/c1-26(33)30-13-7-6-8-18-11-12-21(29-24(18)30)9-4-5-10-22(31)14-19(15-23(32)34-2)20-16-27-25(35-3)28-17-20/h5,10-12,16-17,19,33H,4,6-9,13-15H2,1-3H3/t19-/m0/s1. The molecule has 1 aliphatic heterocycles. The summed E-state index contributed by atoms with van der Waals surface area (Å²) in [4.78, 5) is 39.4. The average Bonchev–Trinajstić information content (AvgIpc) is 3.08. The number of aromatic nitrogens is 3. The van der Waals surface area contributed by atoms with Crippen LogP contribution in [0.15, 0.2) is 36.7 Å². The van der Waals surface area contributed by atoms with Crippen molar-refractivity contribution in [3.8, 4) is 6.01 Å². The number of ketones is 1. The number of rotatable bonds is 11. The van der Waals surface area contributed by atoms with E-state index in [0.717, 1.165) is 42.9 Å². The van der Waals surface area contributed by atoms with E-state index in [0.29, 0.717) is 18.4 Å². The molecular formula is C25H33BN4O5. The first kappa shape index (κ1) is 26.3. The van der Waals surface area contributed by atoms with Crippen LogP contribution in [0.1, 0.15) is 54.8 Å². The van der Waals surface area contributed by atoms with Crippen molar-refractivity contribution in [2.24, 2.45) is 0 Å². The highest BCUT2D eigenvalue weighted by Crippen LogP contribution is 2.26. The predicted octanol–water partition coefficient (Wildman–Crippen LogP) is 2.93. The Bertz CT molecular complexity index is 1030. The van der Waals surface area contributed by atoms with Crippen LogP contribution < -0.4 is 9.55 Å². The van der Waals surface area contributed by atoms with E-state index >= 15 is 0 Å². The maximum absolute atomic E-state index is 12.6. The Labute approximate surface area is 206 Å². The lowest BCUT2D eigenvalue weighted by Crippen LogP contribution is -2.38. The highest BCUT2D eigenvalue weighted by atomic mass is 16.5. The quantitative estimate of drug-likeness (QED) is 0.295. The number of ether oxygens (including phenoxy) is 2. The molecule has 0 aliphatic carbocycles. The number of carbonyl (C=O) groups is 2. The van der Waals surface area contributed by atoms with Crippen LogP contribution in [0.2, 0.25) is 6.82 Å². The maximum atomic E-state index is 12.6. The highest BCUT2D eigenvalue weighted by molar-refractivity contribution is 6.53. The zero-order valence-electron chi connectivity index (χ0n) is 20.6. The summed E-state index contributed by atoms with van der Waals surface area (Å²) in [5.74, 6) is -0.0151. The van der Waals surface area contributed by atoms with E-state index in [1.807, 2.05) is 17.0 Å². The Morgan fingerprint density at radius 1 is 1.20 bits per heavy atom. The number of carbonyl (C=O) groups excluding carboxylic acids is 2. The molecule has 0 saturated carbocycles. The minimum atomic E-state index is -0.582. The second kappa shape index (κ2) is 13.0. The van der Waals surface area contributed by atoms with E-state index in [1.54, 1.807) is 25.3 Å². The van der Waals surface area contributed by atoms with Crippen LogP contribution in [0.5, 0.6) is 6.01 Å². The van der Waals surface area contributed by atoms with Gasteiger partial charge in [-0.3, -0.25) is 9.59 Å². The van der Waals surface area contributed by atoms with Gasteiger partial charge in [-0.25, -0.2) is 15.0 Å². The summed E-state index contributed by atoms with van der Waals surface area (Å²) >= 11 is 0. The van der Waals surface area contributed by atoms with E-state index in [1.165, 1.54) is 14.2 Å². The third kappa shape index (κ3) is 7.61. The van der Waals surface area contributed by atoms with Crippen molar-refractivity contribution in [1.29, 1.82) is 0 Å². The van der Waals surface area contributed by atoms with Gasteiger partial charge in [0.05, 0.1) is 20.6 Å². The van der Waals surface area contributed by atoms with Crippen LogP contribution in [0.25, 0.3) is 0 Å². The molecule has 1 aliphatic rings. The van der Waals surface area contributed by atoms with Crippen molar-refractivity contribution in [2.45, 2.75) is 57.7 Å².